The van der Waals surface area contributed by atoms with Crippen molar-refractivity contribution in [2.24, 2.45) is 5.92 Å². The van der Waals surface area contributed by atoms with Crippen molar-refractivity contribution in [2.75, 3.05) is 24.5 Å². The molecule has 2 rings (SSSR count). The fourth-order valence-corrected chi connectivity index (χ4v) is 2.43. The molecule has 0 atom stereocenters. The summed E-state index contributed by atoms with van der Waals surface area (Å²) in [6.45, 7) is 7.46. The lowest BCUT2D eigenvalue weighted by Gasteiger charge is -2.33. The molecule has 0 unspecified atom stereocenters. The molecule has 18 heavy (non-hydrogen) atoms. The second-order valence-corrected chi connectivity index (χ2v) is 5.21. The highest BCUT2D eigenvalue weighted by atomic mass is 16.1. The van der Waals surface area contributed by atoms with Crippen molar-refractivity contribution >= 4 is 5.82 Å². The van der Waals surface area contributed by atoms with Crippen LogP contribution in [0.3, 0.4) is 0 Å². The lowest BCUT2D eigenvalue weighted by Crippen LogP contribution is -2.40. The number of piperidine rings is 1. The van der Waals surface area contributed by atoms with Crippen LogP contribution in [0.2, 0.25) is 0 Å². The van der Waals surface area contributed by atoms with Gasteiger partial charge in [0.05, 0.1) is 6.33 Å². The van der Waals surface area contributed by atoms with E-state index < -0.39 is 0 Å². The molecule has 2 heterocycles. The van der Waals surface area contributed by atoms with Gasteiger partial charge in [-0.3, -0.25) is 4.79 Å². The molecule has 1 fully saturated rings. The second-order valence-electron chi connectivity index (χ2n) is 5.21. The first-order chi connectivity index (χ1) is 8.66. The van der Waals surface area contributed by atoms with E-state index >= 15 is 0 Å². The maximum absolute atomic E-state index is 11.4. The van der Waals surface area contributed by atoms with Crippen molar-refractivity contribution in [2.45, 2.75) is 32.7 Å². The lowest BCUT2D eigenvalue weighted by atomic mass is 9.97. The van der Waals surface area contributed by atoms with Gasteiger partial charge in [0.25, 0.3) is 5.56 Å². The maximum atomic E-state index is 11.4. The fourth-order valence-electron chi connectivity index (χ4n) is 2.43. The van der Waals surface area contributed by atoms with Gasteiger partial charge in [0.15, 0.2) is 0 Å². The third-order valence-corrected chi connectivity index (χ3v) is 3.50. The van der Waals surface area contributed by atoms with Gasteiger partial charge in [-0.2, -0.15) is 0 Å². The van der Waals surface area contributed by atoms with Crippen LogP contribution < -0.4 is 15.8 Å². The normalized spacial score (nSPS) is 17.1. The zero-order valence-corrected chi connectivity index (χ0v) is 11.1. The van der Waals surface area contributed by atoms with E-state index in [0.717, 1.165) is 25.5 Å². The van der Waals surface area contributed by atoms with E-state index in [2.05, 4.69) is 34.0 Å². The third kappa shape index (κ3) is 3.32. The Hall–Kier alpha value is -1.36. The van der Waals surface area contributed by atoms with Crippen LogP contribution in [-0.2, 0) is 0 Å². The van der Waals surface area contributed by atoms with Gasteiger partial charge in [0.1, 0.15) is 5.82 Å². The molecule has 100 valence electrons. The van der Waals surface area contributed by atoms with Crippen LogP contribution in [0.1, 0.15) is 26.7 Å². The average Bonchev–Trinajstić information content (AvgIpc) is 2.37. The summed E-state index contributed by atoms with van der Waals surface area (Å²) in [5.41, 5.74) is -0.0871. The number of H-pyrrole nitrogens is 1. The van der Waals surface area contributed by atoms with Crippen molar-refractivity contribution in [1.29, 1.82) is 0 Å². The Bertz CT molecular complexity index is 423. The Morgan fingerprint density at radius 2 is 2.17 bits per heavy atom. The van der Waals surface area contributed by atoms with Gasteiger partial charge in [-0.15, -0.1) is 0 Å². The number of nitrogens with one attached hydrogen (secondary N) is 2. The number of aromatic nitrogens is 2. The monoisotopic (exact) mass is 250 g/mol. The molecule has 0 saturated carbocycles. The molecular weight excluding hydrogens is 228 g/mol. The summed E-state index contributed by atoms with van der Waals surface area (Å²) in [7, 11) is 0. The van der Waals surface area contributed by atoms with Crippen molar-refractivity contribution in [1.82, 2.24) is 15.3 Å². The Kier molecular flexibility index (Phi) is 4.36. The smallest absolute Gasteiger partial charge is 0.252 e. The van der Waals surface area contributed by atoms with Gasteiger partial charge in [0, 0.05) is 18.7 Å². The molecule has 0 aromatic carbocycles. The summed E-state index contributed by atoms with van der Waals surface area (Å²) in [5, 5.41) is 3.38. The summed E-state index contributed by atoms with van der Waals surface area (Å²) < 4.78 is 0. The standard InChI is InChI=1S/C13H22N4O/c1-10(2)17(8-11-3-5-14-6-4-11)12-7-13(18)16-9-15-12/h7,9-11,14H,3-6,8H2,1-2H3,(H,15,16,18). The quantitative estimate of drug-likeness (QED) is 0.836. The summed E-state index contributed by atoms with van der Waals surface area (Å²) in [4.78, 5) is 20.5. The number of nitrogens with zero attached hydrogens (tertiary/aromatic N) is 2. The molecule has 0 bridgehead atoms. The minimum absolute atomic E-state index is 0.0871. The predicted octanol–water partition coefficient (Wildman–Crippen LogP) is 0.984. The Morgan fingerprint density at radius 1 is 1.44 bits per heavy atom. The molecule has 5 heteroatoms. The van der Waals surface area contributed by atoms with Crippen molar-refractivity contribution in [3.05, 3.63) is 22.7 Å². The minimum atomic E-state index is -0.0871. The van der Waals surface area contributed by atoms with E-state index in [9.17, 15) is 4.79 Å². The summed E-state index contributed by atoms with van der Waals surface area (Å²) >= 11 is 0. The van der Waals surface area contributed by atoms with Crippen LogP contribution in [-0.4, -0.2) is 35.6 Å². The van der Waals surface area contributed by atoms with Gasteiger partial charge < -0.3 is 15.2 Å². The molecule has 1 aromatic rings. The molecular formula is C13H22N4O. The Labute approximate surface area is 108 Å². The molecule has 1 aromatic heterocycles. The zero-order valence-electron chi connectivity index (χ0n) is 11.1. The highest BCUT2D eigenvalue weighted by molar-refractivity contribution is 5.37. The lowest BCUT2D eigenvalue weighted by molar-refractivity contribution is 0.367. The van der Waals surface area contributed by atoms with Crippen LogP contribution in [0.15, 0.2) is 17.2 Å². The molecule has 5 nitrogen and oxygen atoms in total. The van der Waals surface area contributed by atoms with E-state index in [-0.39, 0.29) is 5.56 Å². The van der Waals surface area contributed by atoms with Crippen LogP contribution in [0.25, 0.3) is 0 Å². The number of hydrogen-bond acceptors (Lipinski definition) is 4. The highest BCUT2D eigenvalue weighted by Crippen LogP contribution is 2.19. The van der Waals surface area contributed by atoms with Crippen molar-refractivity contribution < 1.29 is 0 Å². The van der Waals surface area contributed by atoms with Gasteiger partial charge in [-0.1, -0.05) is 0 Å². The number of rotatable bonds is 4. The van der Waals surface area contributed by atoms with Crippen LogP contribution in [0.4, 0.5) is 5.82 Å². The SMILES string of the molecule is CC(C)N(CC1CCNCC1)c1cc(=O)[nH]cn1. The molecule has 1 aliphatic heterocycles. The minimum Gasteiger partial charge on any atom is -0.354 e. The van der Waals surface area contributed by atoms with E-state index in [1.54, 1.807) is 6.07 Å². The van der Waals surface area contributed by atoms with E-state index in [0.29, 0.717) is 12.0 Å². The van der Waals surface area contributed by atoms with Gasteiger partial charge >= 0.3 is 0 Å². The molecule has 1 saturated heterocycles. The topological polar surface area (TPSA) is 61.0 Å². The molecule has 1 aliphatic rings. The van der Waals surface area contributed by atoms with Crippen LogP contribution >= 0.6 is 0 Å². The fraction of sp³-hybridized carbons (Fsp3) is 0.692. The summed E-state index contributed by atoms with van der Waals surface area (Å²) in [6.07, 6.45) is 3.88. The van der Waals surface area contributed by atoms with Crippen LogP contribution in [0, 0.1) is 5.92 Å². The van der Waals surface area contributed by atoms with Crippen molar-refractivity contribution in [3.8, 4) is 0 Å². The highest BCUT2D eigenvalue weighted by Gasteiger charge is 2.20. The predicted molar refractivity (Wildman–Crippen MR) is 72.9 cm³/mol. The van der Waals surface area contributed by atoms with Gasteiger partial charge in [-0.05, 0) is 45.7 Å². The van der Waals surface area contributed by atoms with E-state index in [1.165, 1.54) is 19.2 Å². The second kappa shape index (κ2) is 6.00. The molecule has 0 aliphatic carbocycles. The summed E-state index contributed by atoms with van der Waals surface area (Å²) in [6, 6.07) is 1.94. The number of hydrogen-bond donors (Lipinski definition) is 2. The van der Waals surface area contributed by atoms with Gasteiger partial charge in [-0.25, -0.2) is 4.98 Å². The maximum Gasteiger partial charge on any atom is 0.252 e. The van der Waals surface area contributed by atoms with Crippen LogP contribution in [0.5, 0.6) is 0 Å². The van der Waals surface area contributed by atoms with Gasteiger partial charge in [0.2, 0.25) is 0 Å². The Morgan fingerprint density at radius 3 is 2.78 bits per heavy atom. The number of aromatic amines is 1. The molecule has 0 amide bonds. The summed E-state index contributed by atoms with van der Waals surface area (Å²) in [5.74, 6) is 1.47. The first-order valence-electron chi connectivity index (χ1n) is 6.69. The molecule has 0 radical (unpaired) electrons. The first-order valence-corrected chi connectivity index (χ1v) is 6.69. The van der Waals surface area contributed by atoms with E-state index in [4.69, 9.17) is 0 Å². The first kappa shape index (κ1) is 13.1. The largest absolute Gasteiger partial charge is 0.354 e. The molecule has 2 N–H and O–H groups in total. The van der Waals surface area contributed by atoms with E-state index in [1.807, 2.05) is 0 Å². The number of anilines is 1. The Balaban J connectivity index is 2.10. The average molecular weight is 250 g/mol. The third-order valence-electron chi connectivity index (χ3n) is 3.50. The molecule has 0 spiro atoms. The zero-order chi connectivity index (χ0) is 13.0. The van der Waals surface area contributed by atoms with Crippen molar-refractivity contribution in [3.63, 3.8) is 0 Å².